The van der Waals surface area contributed by atoms with Crippen LogP contribution in [0.4, 0.5) is 17.1 Å². The van der Waals surface area contributed by atoms with Crippen molar-refractivity contribution in [3.63, 3.8) is 0 Å². The van der Waals surface area contributed by atoms with E-state index in [0.717, 1.165) is 36.6 Å². The highest BCUT2D eigenvalue weighted by molar-refractivity contribution is 6.07. The van der Waals surface area contributed by atoms with Crippen LogP contribution >= 0.6 is 0 Å². The zero-order valence-corrected chi connectivity index (χ0v) is 25.7. The van der Waals surface area contributed by atoms with Crippen molar-refractivity contribution in [3.8, 4) is 0 Å². The van der Waals surface area contributed by atoms with Crippen molar-refractivity contribution in [3.05, 3.63) is 95.3 Å². The van der Waals surface area contributed by atoms with Gasteiger partial charge in [-0.1, -0.05) is 18.2 Å². The highest BCUT2D eigenvalue weighted by Crippen LogP contribution is 2.18. The van der Waals surface area contributed by atoms with Gasteiger partial charge in [0.25, 0.3) is 17.7 Å². The molecule has 1 aliphatic rings. The van der Waals surface area contributed by atoms with Crippen LogP contribution in [0, 0.1) is 0 Å². The van der Waals surface area contributed by atoms with Gasteiger partial charge in [0.1, 0.15) is 11.4 Å². The highest BCUT2D eigenvalue weighted by Gasteiger charge is 2.17. The summed E-state index contributed by atoms with van der Waals surface area (Å²) in [7, 11) is 5.74. The van der Waals surface area contributed by atoms with E-state index in [1.165, 1.54) is 12.4 Å². The van der Waals surface area contributed by atoms with Gasteiger partial charge in [0.05, 0.1) is 35.8 Å². The number of benzene rings is 1. The molecule has 0 aliphatic carbocycles. The Morgan fingerprint density at radius 1 is 0.956 bits per heavy atom. The van der Waals surface area contributed by atoms with Crippen molar-refractivity contribution >= 4 is 46.9 Å². The number of aromatic nitrogens is 3. The first kappa shape index (κ1) is 31.2. The summed E-state index contributed by atoms with van der Waals surface area (Å²) in [4.78, 5) is 49.9. The van der Waals surface area contributed by atoms with Crippen LogP contribution in [-0.4, -0.2) is 90.6 Å². The van der Waals surface area contributed by atoms with E-state index in [2.05, 4.69) is 30.8 Å². The van der Waals surface area contributed by atoms with Gasteiger partial charge < -0.3 is 35.1 Å². The number of anilines is 3. The number of nitrogens with one attached hydrogen (secondary N) is 4. The Morgan fingerprint density at radius 2 is 1.71 bits per heavy atom. The first-order valence-electron chi connectivity index (χ1n) is 14.7. The number of ether oxygens (including phenoxy) is 1. The normalized spacial score (nSPS) is 13.5. The Bertz CT molecular complexity index is 1650. The first-order chi connectivity index (χ1) is 21.7. The van der Waals surface area contributed by atoms with Crippen molar-refractivity contribution < 1.29 is 19.1 Å². The van der Waals surface area contributed by atoms with Gasteiger partial charge in [0, 0.05) is 71.6 Å². The third kappa shape index (κ3) is 8.46. The lowest BCUT2D eigenvalue weighted by molar-refractivity contribution is 0.0383. The molecule has 1 aliphatic heterocycles. The summed E-state index contributed by atoms with van der Waals surface area (Å²) in [6.45, 7) is 4.41. The molecule has 1 aromatic carbocycles. The largest absolute Gasteiger partial charge is 0.379 e. The summed E-state index contributed by atoms with van der Waals surface area (Å²) in [5.41, 5.74) is 4.87. The third-order valence-corrected chi connectivity index (χ3v) is 7.40. The smallest absolute Gasteiger partial charge is 0.272 e. The van der Waals surface area contributed by atoms with Crippen LogP contribution in [0.1, 0.15) is 42.6 Å². The molecule has 1 saturated heterocycles. The molecule has 0 bridgehead atoms. The lowest BCUT2D eigenvalue weighted by Gasteiger charge is -2.26. The minimum Gasteiger partial charge on any atom is -0.379 e. The lowest BCUT2D eigenvalue weighted by atomic mass is 10.1. The summed E-state index contributed by atoms with van der Waals surface area (Å²) in [5.74, 6) is -0.977. The standard InChI is InChI=1S/C33H38N8O4/c1-39(2)28-10-5-23(6-11-28)4-8-25-9-7-24(20-35-25)31(42)37-26-18-29(36-21-26)32(43)38-27-19-30(40(3)22-27)33(44)34-12-13-41-14-16-45-17-15-41/h4-11,18-22,36H,12-17H2,1-3H3,(H,34,44)(H,37,42)(H,38,43)/b8-4+. The number of nitrogens with zero attached hydrogens (tertiary/aromatic N) is 4. The lowest BCUT2D eigenvalue weighted by Crippen LogP contribution is -2.41. The molecule has 1 fully saturated rings. The zero-order chi connectivity index (χ0) is 31.8. The number of carbonyl (C=O) groups excluding carboxylic acids is 3. The maximum Gasteiger partial charge on any atom is 0.272 e. The van der Waals surface area contributed by atoms with E-state index >= 15 is 0 Å². The Labute approximate surface area is 262 Å². The van der Waals surface area contributed by atoms with Crippen LogP contribution in [0.5, 0.6) is 0 Å². The molecule has 234 valence electrons. The number of hydrogen-bond acceptors (Lipinski definition) is 7. The molecule has 0 radical (unpaired) electrons. The van der Waals surface area contributed by atoms with Crippen LogP contribution in [0.25, 0.3) is 12.2 Å². The Morgan fingerprint density at radius 3 is 2.42 bits per heavy atom. The van der Waals surface area contributed by atoms with Crippen LogP contribution in [0.2, 0.25) is 0 Å². The van der Waals surface area contributed by atoms with Crippen molar-refractivity contribution in [1.29, 1.82) is 0 Å². The van der Waals surface area contributed by atoms with Crippen LogP contribution in [0.15, 0.2) is 67.1 Å². The predicted molar refractivity (Wildman–Crippen MR) is 176 cm³/mol. The molecular formula is C33H38N8O4. The number of carbonyl (C=O) groups is 3. The summed E-state index contributed by atoms with van der Waals surface area (Å²) < 4.78 is 7.01. The number of amides is 3. The minimum atomic E-state index is -0.408. The van der Waals surface area contributed by atoms with Gasteiger partial charge in [-0.05, 0) is 48.0 Å². The van der Waals surface area contributed by atoms with Gasteiger partial charge in [-0.3, -0.25) is 24.3 Å². The van der Waals surface area contributed by atoms with E-state index in [0.29, 0.717) is 42.4 Å². The van der Waals surface area contributed by atoms with Crippen LogP contribution < -0.4 is 20.9 Å². The van der Waals surface area contributed by atoms with Crippen molar-refractivity contribution in [2.45, 2.75) is 0 Å². The average molecular weight is 611 g/mol. The number of morpholine rings is 1. The second-order valence-electron chi connectivity index (χ2n) is 10.9. The summed E-state index contributed by atoms with van der Waals surface area (Å²) in [5, 5.41) is 8.51. The van der Waals surface area contributed by atoms with Crippen LogP contribution in [-0.2, 0) is 11.8 Å². The van der Waals surface area contributed by atoms with E-state index in [1.807, 2.05) is 55.4 Å². The van der Waals surface area contributed by atoms with E-state index in [9.17, 15) is 14.4 Å². The van der Waals surface area contributed by atoms with Gasteiger partial charge in [0.2, 0.25) is 0 Å². The molecule has 0 saturated carbocycles. The van der Waals surface area contributed by atoms with Gasteiger partial charge in [-0.15, -0.1) is 0 Å². The Balaban J connectivity index is 1.11. The molecular weight excluding hydrogens is 572 g/mol. The molecule has 45 heavy (non-hydrogen) atoms. The maximum absolute atomic E-state index is 12.9. The molecule has 0 atom stereocenters. The van der Waals surface area contributed by atoms with Gasteiger partial charge in [0.15, 0.2) is 0 Å². The predicted octanol–water partition coefficient (Wildman–Crippen LogP) is 3.55. The number of pyridine rings is 1. The molecule has 3 aromatic heterocycles. The number of aryl methyl sites for hydroxylation is 1. The second kappa shape index (κ2) is 14.5. The summed E-state index contributed by atoms with van der Waals surface area (Å²) >= 11 is 0. The van der Waals surface area contributed by atoms with Crippen molar-refractivity contribution in [2.24, 2.45) is 7.05 Å². The Hall–Kier alpha value is -5.20. The molecule has 12 nitrogen and oxygen atoms in total. The molecule has 12 heteroatoms. The highest BCUT2D eigenvalue weighted by atomic mass is 16.5. The van der Waals surface area contributed by atoms with Crippen LogP contribution in [0.3, 0.4) is 0 Å². The molecule has 4 N–H and O–H groups in total. The fraction of sp³-hybridized carbons (Fsp3) is 0.273. The first-order valence-corrected chi connectivity index (χ1v) is 14.7. The van der Waals surface area contributed by atoms with E-state index in [-0.39, 0.29) is 17.5 Å². The second-order valence-corrected chi connectivity index (χ2v) is 10.9. The average Bonchev–Trinajstić information content (AvgIpc) is 3.67. The van der Waals surface area contributed by atoms with Crippen molar-refractivity contribution in [1.82, 2.24) is 24.8 Å². The molecule has 3 amide bonds. The fourth-order valence-corrected chi connectivity index (χ4v) is 4.80. The number of H-pyrrole nitrogens is 1. The van der Waals surface area contributed by atoms with Gasteiger partial charge >= 0.3 is 0 Å². The van der Waals surface area contributed by atoms with E-state index in [1.54, 1.807) is 42.1 Å². The quantitative estimate of drug-likeness (QED) is 0.204. The molecule has 4 heterocycles. The topological polar surface area (TPSA) is 137 Å². The molecule has 5 rings (SSSR count). The minimum absolute atomic E-state index is 0.218. The SMILES string of the molecule is CN(C)c1ccc(/C=C/c2ccc(C(=O)Nc3c[nH]c(C(=O)Nc4cc(C(=O)NCCN5CCOCC5)n(C)c4)c3)cn2)cc1. The maximum atomic E-state index is 12.9. The Kier molecular flexibility index (Phi) is 10.1. The summed E-state index contributed by atoms with van der Waals surface area (Å²) in [6.07, 6.45) is 8.57. The monoisotopic (exact) mass is 610 g/mol. The zero-order valence-electron chi connectivity index (χ0n) is 25.7. The third-order valence-electron chi connectivity index (χ3n) is 7.40. The summed E-state index contributed by atoms with van der Waals surface area (Å²) in [6, 6.07) is 14.8. The number of aromatic amines is 1. The molecule has 0 unspecified atom stereocenters. The van der Waals surface area contributed by atoms with E-state index in [4.69, 9.17) is 4.74 Å². The molecule has 4 aromatic rings. The van der Waals surface area contributed by atoms with Gasteiger partial charge in [-0.25, -0.2) is 0 Å². The van der Waals surface area contributed by atoms with E-state index < -0.39 is 5.91 Å². The molecule has 0 spiro atoms. The number of hydrogen-bond donors (Lipinski definition) is 4. The fourth-order valence-electron chi connectivity index (χ4n) is 4.80. The van der Waals surface area contributed by atoms with Crippen molar-refractivity contribution in [2.75, 3.05) is 69.0 Å². The number of rotatable bonds is 11. The van der Waals surface area contributed by atoms with Gasteiger partial charge in [-0.2, -0.15) is 0 Å².